The third kappa shape index (κ3) is 6.06. The summed E-state index contributed by atoms with van der Waals surface area (Å²) in [6.45, 7) is 1.81. The molecule has 1 atom stereocenters. The zero-order chi connectivity index (χ0) is 11.8. The first kappa shape index (κ1) is 13.9. The van der Waals surface area contributed by atoms with Gasteiger partial charge >= 0.3 is 11.9 Å². The molecule has 0 aliphatic carbocycles. The highest BCUT2D eigenvalue weighted by Crippen LogP contribution is 2.08. The summed E-state index contributed by atoms with van der Waals surface area (Å²) in [5.41, 5.74) is 0. The fourth-order valence-electron chi connectivity index (χ4n) is 1.44. The molecule has 5 heteroatoms. The molecule has 0 aromatic heterocycles. The van der Waals surface area contributed by atoms with Crippen LogP contribution in [0.25, 0.3) is 0 Å². The van der Waals surface area contributed by atoms with E-state index < -0.39 is 18.0 Å². The molecule has 0 aliphatic heterocycles. The fourth-order valence-corrected chi connectivity index (χ4v) is 1.44. The van der Waals surface area contributed by atoms with Gasteiger partial charge in [-0.1, -0.05) is 26.2 Å². The Bertz CT molecular complexity index is 217. The zero-order valence-electron chi connectivity index (χ0n) is 9.27. The fraction of sp³-hybridized carbons (Fsp3) is 0.800. The number of carbonyl (C=O) groups is 2. The van der Waals surface area contributed by atoms with Crippen molar-refractivity contribution in [3.05, 3.63) is 0 Å². The van der Waals surface area contributed by atoms with Gasteiger partial charge in [-0.05, 0) is 13.5 Å². The lowest BCUT2D eigenvalue weighted by Gasteiger charge is -2.22. The van der Waals surface area contributed by atoms with Crippen LogP contribution in [0.4, 0.5) is 0 Å². The monoisotopic (exact) mass is 217 g/mol. The van der Waals surface area contributed by atoms with Crippen molar-refractivity contribution < 1.29 is 19.8 Å². The Hall–Kier alpha value is -1.10. The highest BCUT2D eigenvalue weighted by Gasteiger charge is 2.23. The number of hydrogen-bond acceptors (Lipinski definition) is 3. The molecule has 0 aromatic carbocycles. The number of likely N-dealkylation sites (N-methyl/N-ethyl adjacent to an activating group) is 1. The minimum atomic E-state index is -1.00. The minimum absolute atomic E-state index is 0.233. The van der Waals surface area contributed by atoms with Crippen LogP contribution in [-0.4, -0.2) is 46.7 Å². The molecule has 0 heterocycles. The first-order chi connectivity index (χ1) is 6.99. The van der Waals surface area contributed by atoms with Gasteiger partial charge < -0.3 is 10.2 Å². The van der Waals surface area contributed by atoms with Gasteiger partial charge in [0.15, 0.2) is 0 Å². The molecule has 2 N–H and O–H groups in total. The second-order valence-corrected chi connectivity index (χ2v) is 3.66. The molecule has 0 aromatic rings. The molecule has 0 rings (SSSR count). The van der Waals surface area contributed by atoms with E-state index in [0.717, 1.165) is 19.3 Å². The smallest absolute Gasteiger partial charge is 0.320 e. The van der Waals surface area contributed by atoms with Crippen LogP contribution >= 0.6 is 0 Å². The van der Waals surface area contributed by atoms with E-state index in [9.17, 15) is 9.59 Å². The third-order valence-corrected chi connectivity index (χ3v) is 2.28. The summed E-state index contributed by atoms with van der Waals surface area (Å²) >= 11 is 0. The molecule has 0 bridgehead atoms. The van der Waals surface area contributed by atoms with Crippen molar-refractivity contribution >= 4 is 11.9 Å². The van der Waals surface area contributed by atoms with Crippen molar-refractivity contribution in [2.45, 2.75) is 38.6 Å². The summed E-state index contributed by atoms with van der Waals surface area (Å²) in [5, 5.41) is 17.5. The summed E-state index contributed by atoms with van der Waals surface area (Å²) in [6, 6.07) is -0.687. The topological polar surface area (TPSA) is 77.8 Å². The van der Waals surface area contributed by atoms with Crippen molar-refractivity contribution in [3.63, 3.8) is 0 Å². The highest BCUT2D eigenvalue weighted by atomic mass is 16.4. The van der Waals surface area contributed by atoms with E-state index in [0.29, 0.717) is 6.42 Å². The molecule has 0 aliphatic rings. The van der Waals surface area contributed by atoms with E-state index in [1.54, 1.807) is 0 Å². The molecule has 0 spiro atoms. The molecular weight excluding hydrogens is 198 g/mol. The maximum atomic E-state index is 10.9. The molecule has 0 radical (unpaired) electrons. The van der Waals surface area contributed by atoms with Gasteiger partial charge in [0.1, 0.15) is 6.04 Å². The highest BCUT2D eigenvalue weighted by molar-refractivity contribution is 5.75. The van der Waals surface area contributed by atoms with E-state index in [4.69, 9.17) is 10.2 Å². The number of nitrogens with zero attached hydrogens (tertiary/aromatic N) is 1. The Morgan fingerprint density at radius 3 is 2.27 bits per heavy atom. The number of carboxylic acids is 2. The van der Waals surface area contributed by atoms with Crippen molar-refractivity contribution in [3.8, 4) is 0 Å². The van der Waals surface area contributed by atoms with Crippen LogP contribution < -0.4 is 0 Å². The third-order valence-electron chi connectivity index (χ3n) is 2.28. The van der Waals surface area contributed by atoms with Crippen molar-refractivity contribution in [1.29, 1.82) is 0 Å². The van der Waals surface area contributed by atoms with Crippen molar-refractivity contribution in [1.82, 2.24) is 4.90 Å². The molecular formula is C10H19NO4. The molecule has 0 saturated carbocycles. The van der Waals surface area contributed by atoms with Crippen LogP contribution in [0.3, 0.4) is 0 Å². The summed E-state index contributed by atoms with van der Waals surface area (Å²) in [7, 11) is 1.53. The van der Waals surface area contributed by atoms with E-state index >= 15 is 0 Å². The summed E-state index contributed by atoms with van der Waals surface area (Å²) in [6.07, 6.45) is 3.32. The van der Waals surface area contributed by atoms with Gasteiger partial charge in [-0.2, -0.15) is 0 Å². The molecule has 0 saturated heterocycles. The van der Waals surface area contributed by atoms with Gasteiger partial charge in [0.2, 0.25) is 0 Å². The first-order valence-corrected chi connectivity index (χ1v) is 5.13. The van der Waals surface area contributed by atoms with Gasteiger partial charge in [-0.3, -0.25) is 14.5 Å². The van der Waals surface area contributed by atoms with E-state index in [2.05, 4.69) is 0 Å². The Kier molecular flexibility index (Phi) is 6.70. The lowest BCUT2D eigenvalue weighted by Crippen LogP contribution is -2.41. The molecule has 15 heavy (non-hydrogen) atoms. The SMILES string of the molecule is CCCCCC(C(=O)O)N(C)CC(=O)O. The maximum Gasteiger partial charge on any atom is 0.320 e. The predicted octanol–water partition coefficient (Wildman–Crippen LogP) is 1.04. The van der Waals surface area contributed by atoms with Crippen LogP contribution in [0, 0.1) is 0 Å². The van der Waals surface area contributed by atoms with E-state index in [1.165, 1.54) is 11.9 Å². The number of rotatable bonds is 8. The van der Waals surface area contributed by atoms with Crippen molar-refractivity contribution in [2.75, 3.05) is 13.6 Å². The lowest BCUT2D eigenvalue weighted by atomic mass is 10.1. The van der Waals surface area contributed by atoms with Gasteiger partial charge in [0.05, 0.1) is 6.54 Å². The van der Waals surface area contributed by atoms with Crippen LogP contribution in [0.15, 0.2) is 0 Å². The van der Waals surface area contributed by atoms with Gasteiger partial charge in [0, 0.05) is 0 Å². The molecule has 1 unspecified atom stereocenters. The maximum absolute atomic E-state index is 10.9. The van der Waals surface area contributed by atoms with E-state index in [1.807, 2.05) is 6.92 Å². The quantitative estimate of drug-likeness (QED) is 0.594. The summed E-state index contributed by atoms with van der Waals surface area (Å²) < 4.78 is 0. The van der Waals surface area contributed by atoms with Crippen LogP contribution in [-0.2, 0) is 9.59 Å². The molecule has 5 nitrogen and oxygen atoms in total. The van der Waals surface area contributed by atoms with Crippen LogP contribution in [0.5, 0.6) is 0 Å². The second-order valence-electron chi connectivity index (χ2n) is 3.66. The second kappa shape index (κ2) is 7.23. The molecule has 0 fully saturated rings. The van der Waals surface area contributed by atoms with Crippen LogP contribution in [0.1, 0.15) is 32.6 Å². The van der Waals surface area contributed by atoms with Crippen molar-refractivity contribution in [2.24, 2.45) is 0 Å². The van der Waals surface area contributed by atoms with Gasteiger partial charge in [-0.25, -0.2) is 0 Å². The average molecular weight is 217 g/mol. The van der Waals surface area contributed by atoms with E-state index in [-0.39, 0.29) is 6.54 Å². The van der Waals surface area contributed by atoms with Gasteiger partial charge in [0.25, 0.3) is 0 Å². The Morgan fingerprint density at radius 2 is 1.87 bits per heavy atom. The number of hydrogen-bond donors (Lipinski definition) is 2. The van der Waals surface area contributed by atoms with Crippen LogP contribution in [0.2, 0.25) is 0 Å². The Morgan fingerprint density at radius 1 is 1.27 bits per heavy atom. The minimum Gasteiger partial charge on any atom is -0.480 e. The summed E-state index contributed by atoms with van der Waals surface area (Å²) in [4.78, 5) is 22.7. The number of carboxylic acid groups (broad SMARTS) is 2. The largest absolute Gasteiger partial charge is 0.480 e. The summed E-state index contributed by atoms with van der Waals surface area (Å²) in [5.74, 6) is -1.95. The van der Waals surface area contributed by atoms with Gasteiger partial charge in [-0.15, -0.1) is 0 Å². The number of aliphatic carboxylic acids is 2. The zero-order valence-corrected chi connectivity index (χ0v) is 9.27. The number of unbranched alkanes of at least 4 members (excludes halogenated alkanes) is 2. The molecule has 88 valence electrons. The predicted molar refractivity (Wildman–Crippen MR) is 55.8 cm³/mol. The first-order valence-electron chi connectivity index (χ1n) is 5.13. The normalized spacial score (nSPS) is 12.7. The molecule has 0 amide bonds. The Balaban J connectivity index is 4.13. The lowest BCUT2D eigenvalue weighted by molar-refractivity contribution is -0.145. The average Bonchev–Trinajstić information content (AvgIpc) is 2.10. The standard InChI is InChI=1S/C10H19NO4/c1-3-4-5-6-8(10(14)15)11(2)7-9(12)13/h8H,3-7H2,1-2H3,(H,12,13)(H,14,15). The Labute approximate surface area is 89.7 Å².